The summed E-state index contributed by atoms with van der Waals surface area (Å²) in [6.45, 7) is 4.39. The van der Waals surface area contributed by atoms with Crippen molar-refractivity contribution in [3.8, 4) is 0 Å². The lowest BCUT2D eigenvalue weighted by Crippen LogP contribution is -2.37. The van der Waals surface area contributed by atoms with Gasteiger partial charge in [0.05, 0.1) is 0 Å². The number of halogens is 1. The van der Waals surface area contributed by atoms with E-state index in [9.17, 15) is 4.79 Å². The molecule has 1 aromatic rings. The molecule has 2 rings (SSSR count). The minimum atomic E-state index is -0.833. The highest BCUT2D eigenvalue weighted by molar-refractivity contribution is 14.1. The van der Waals surface area contributed by atoms with Gasteiger partial charge in [0.25, 0.3) is 0 Å². The summed E-state index contributed by atoms with van der Waals surface area (Å²) in [5.41, 5.74) is 0.643. The van der Waals surface area contributed by atoms with E-state index >= 15 is 0 Å². The Morgan fingerprint density at radius 1 is 1.67 bits per heavy atom. The van der Waals surface area contributed by atoms with Crippen molar-refractivity contribution >= 4 is 28.6 Å². The highest BCUT2D eigenvalue weighted by Gasteiger charge is 2.40. The van der Waals surface area contributed by atoms with Gasteiger partial charge in [-0.05, 0) is 46.9 Å². The largest absolute Gasteiger partial charge is 0.477 e. The van der Waals surface area contributed by atoms with Crippen molar-refractivity contribution in [3.05, 3.63) is 21.5 Å². The molecule has 0 aromatic carbocycles. The van der Waals surface area contributed by atoms with Crippen molar-refractivity contribution in [3.63, 3.8) is 0 Å². The van der Waals surface area contributed by atoms with Gasteiger partial charge >= 0.3 is 5.97 Å². The van der Waals surface area contributed by atoms with Crippen LogP contribution in [0, 0.1) is 8.99 Å². The van der Waals surface area contributed by atoms with Gasteiger partial charge in [-0.3, -0.25) is 0 Å². The van der Waals surface area contributed by atoms with Crippen molar-refractivity contribution in [2.24, 2.45) is 5.41 Å². The molecule has 1 N–H and O–H groups in total. The zero-order valence-electron chi connectivity index (χ0n) is 8.83. The Balaban J connectivity index is 2.39. The number of hydrogen-bond donors (Lipinski definition) is 1. The van der Waals surface area contributed by atoms with Crippen molar-refractivity contribution in [2.45, 2.75) is 32.7 Å². The summed E-state index contributed by atoms with van der Waals surface area (Å²) in [4.78, 5) is 11.1. The molecule has 1 atom stereocenters. The molecule has 4 heteroatoms. The fourth-order valence-corrected chi connectivity index (χ4v) is 2.84. The van der Waals surface area contributed by atoms with E-state index in [1.54, 1.807) is 6.07 Å². The predicted octanol–water partition coefficient (Wildman–Crippen LogP) is 3.15. The van der Waals surface area contributed by atoms with Crippen molar-refractivity contribution in [2.75, 3.05) is 0 Å². The Hall–Kier alpha value is -0.520. The Morgan fingerprint density at radius 3 is 2.73 bits per heavy atom. The maximum Gasteiger partial charge on any atom is 0.352 e. The number of aromatic nitrogens is 1. The summed E-state index contributed by atoms with van der Waals surface area (Å²) < 4.78 is 2.92. The molecule has 0 bridgehead atoms. The molecule has 0 aliphatic heterocycles. The maximum absolute atomic E-state index is 11.1. The summed E-state index contributed by atoms with van der Waals surface area (Å²) in [6, 6.07) is 2.07. The number of nitrogens with zero attached hydrogens (tertiary/aromatic N) is 1. The lowest BCUT2D eigenvalue weighted by Gasteiger charge is -2.45. The molecule has 0 radical (unpaired) electrons. The minimum Gasteiger partial charge on any atom is -0.477 e. The average molecular weight is 319 g/mol. The first-order chi connectivity index (χ1) is 6.92. The van der Waals surface area contributed by atoms with Gasteiger partial charge in [0, 0.05) is 15.8 Å². The van der Waals surface area contributed by atoms with Crippen LogP contribution in [0.1, 0.15) is 43.2 Å². The van der Waals surface area contributed by atoms with Gasteiger partial charge in [-0.2, -0.15) is 0 Å². The standard InChI is InChI=1S/C11H14INO2/c1-11(2)4-3-9(11)13-6-7(12)5-8(13)10(14)15/h5-6,9H,3-4H2,1-2H3,(H,14,15). The number of carboxylic acid groups (broad SMARTS) is 1. The fraction of sp³-hybridized carbons (Fsp3) is 0.545. The van der Waals surface area contributed by atoms with E-state index in [0.717, 1.165) is 9.99 Å². The van der Waals surface area contributed by atoms with E-state index in [-0.39, 0.29) is 5.41 Å². The molecule has 3 nitrogen and oxygen atoms in total. The lowest BCUT2D eigenvalue weighted by molar-refractivity contribution is 0.0603. The Morgan fingerprint density at radius 2 is 2.33 bits per heavy atom. The second kappa shape index (κ2) is 3.50. The molecule has 82 valence electrons. The summed E-state index contributed by atoms with van der Waals surface area (Å²) in [5, 5.41) is 9.09. The SMILES string of the molecule is CC1(C)CCC1n1cc(I)cc1C(=O)O. The third kappa shape index (κ3) is 1.79. The molecule has 1 fully saturated rings. The zero-order chi connectivity index (χ0) is 11.2. The number of aromatic carboxylic acids is 1. The first-order valence-electron chi connectivity index (χ1n) is 5.02. The van der Waals surface area contributed by atoms with Gasteiger partial charge in [-0.25, -0.2) is 4.79 Å². The lowest BCUT2D eigenvalue weighted by atomic mass is 9.67. The highest BCUT2D eigenvalue weighted by Crippen LogP contribution is 2.49. The molecule has 0 amide bonds. The molecule has 1 unspecified atom stereocenters. The second-order valence-corrected chi connectivity index (χ2v) is 6.04. The van der Waals surface area contributed by atoms with Gasteiger partial charge in [0.2, 0.25) is 0 Å². The smallest absolute Gasteiger partial charge is 0.352 e. The minimum absolute atomic E-state index is 0.228. The van der Waals surface area contributed by atoms with Gasteiger partial charge in [-0.15, -0.1) is 0 Å². The molecular formula is C11H14INO2. The molecule has 0 spiro atoms. The van der Waals surface area contributed by atoms with Crippen LogP contribution in [0.15, 0.2) is 12.3 Å². The number of hydrogen-bond acceptors (Lipinski definition) is 1. The van der Waals surface area contributed by atoms with Crippen LogP contribution in [0.3, 0.4) is 0 Å². The third-order valence-corrected chi connectivity index (χ3v) is 3.92. The fourth-order valence-electron chi connectivity index (χ4n) is 2.24. The second-order valence-electron chi connectivity index (χ2n) is 4.80. The van der Waals surface area contributed by atoms with Crippen LogP contribution in [0.2, 0.25) is 0 Å². The molecule has 0 saturated heterocycles. The summed E-state index contributed by atoms with van der Waals surface area (Å²) in [6.07, 6.45) is 4.19. The summed E-state index contributed by atoms with van der Waals surface area (Å²) in [5.74, 6) is -0.833. The van der Waals surface area contributed by atoms with E-state index in [4.69, 9.17) is 5.11 Å². The first-order valence-corrected chi connectivity index (χ1v) is 6.10. The Kier molecular flexibility index (Phi) is 2.56. The number of rotatable bonds is 2. The van der Waals surface area contributed by atoms with Gasteiger partial charge < -0.3 is 9.67 Å². The van der Waals surface area contributed by atoms with Crippen LogP contribution in [0.25, 0.3) is 0 Å². The number of carboxylic acids is 1. The monoisotopic (exact) mass is 319 g/mol. The molecular weight excluding hydrogens is 305 g/mol. The average Bonchev–Trinajstić information content (AvgIpc) is 2.45. The van der Waals surface area contributed by atoms with Crippen LogP contribution in [0.5, 0.6) is 0 Å². The van der Waals surface area contributed by atoms with Crippen molar-refractivity contribution in [1.82, 2.24) is 4.57 Å². The van der Waals surface area contributed by atoms with Crippen molar-refractivity contribution < 1.29 is 9.90 Å². The normalized spacial score (nSPS) is 23.5. The van der Waals surface area contributed by atoms with E-state index < -0.39 is 5.97 Å². The Labute approximate surface area is 103 Å². The molecule has 1 heterocycles. The molecule has 1 saturated carbocycles. The Bertz CT molecular complexity index is 409. The molecule has 1 aromatic heterocycles. The van der Waals surface area contributed by atoms with Gasteiger partial charge in [0.15, 0.2) is 0 Å². The molecule has 1 aliphatic carbocycles. The quantitative estimate of drug-likeness (QED) is 0.851. The highest BCUT2D eigenvalue weighted by atomic mass is 127. The van der Waals surface area contributed by atoms with E-state index in [0.29, 0.717) is 11.7 Å². The van der Waals surface area contributed by atoms with Crippen LogP contribution >= 0.6 is 22.6 Å². The van der Waals surface area contributed by atoms with E-state index in [1.807, 2.05) is 10.8 Å². The summed E-state index contributed by atoms with van der Waals surface area (Å²) in [7, 11) is 0. The van der Waals surface area contributed by atoms with Crippen LogP contribution in [0.4, 0.5) is 0 Å². The third-order valence-electron chi connectivity index (χ3n) is 3.33. The van der Waals surface area contributed by atoms with Gasteiger partial charge in [0.1, 0.15) is 5.69 Å². The number of carbonyl (C=O) groups is 1. The first kappa shape index (κ1) is 11.0. The maximum atomic E-state index is 11.1. The van der Waals surface area contributed by atoms with Gasteiger partial charge in [-0.1, -0.05) is 13.8 Å². The summed E-state index contributed by atoms with van der Waals surface area (Å²) >= 11 is 2.16. The zero-order valence-corrected chi connectivity index (χ0v) is 11.0. The molecule has 15 heavy (non-hydrogen) atoms. The molecule has 1 aliphatic rings. The van der Waals surface area contributed by atoms with Crippen LogP contribution in [-0.4, -0.2) is 15.6 Å². The van der Waals surface area contributed by atoms with Crippen LogP contribution < -0.4 is 0 Å². The van der Waals surface area contributed by atoms with E-state index in [2.05, 4.69) is 36.4 Å². The predicted molar refractivity (Wildman–Crippen MR) is 66.2 cm³/mol. The topological polar surface area (TPSA) is 42.2 Å². The van der Waals surface area contributed by atoms with Crippen molar-refractivity contribution in [1.29, 1.82) is 0 Å². The van der Waals surface area contributed by atoms with E-state index in [1.165, 1.54) is 6.42 Å². The van der Waals surface area contributed by atoms with Crippen LogP contribution in [-0.2, 0) is 0 Å².